The molecule has 0 radical (unpaired) electrons. The highest BCUT2D eigenvalue weighted by Gasteiger charge is 2.42. The first-order valence-electron chi connectivity index (χ1n) is 12.9. The van der Waals surface area contributed by atoms with Crippen LogP contribution in [0.1, 0.15) is 55.2 Å². The van der Waals surface area contributed by atoms with E-state index in [-0.39, 0.29) is 5.56 Å². The van der Waals surface area contributed by atoms with E-state index in [9.17, 15) is 19.8 Å². The molecule has 2 N–H and O–H groups in total. The topological polar surface area (TPSA) is 90.3 Å². The van der Waals surface area contributed by atoms with Crippen LogP contribution in [0.25, 0.3) is 0 Å². The van der Waals surface area contributed by atoms with Gasteiger partial charge in [-0.1, -0.05) is 35.9 Å². The molecule has 0 spiro atoms. The van der Waals surface area contributed by atoms with E-state index >= 15 is 0 Å². The lowest BCUT2D eigenvalue weighted by molar-refractivity contribution is -0.164. The summed E-state index contributed by atoms with van der Waals surface area (Å²) in [5, 5.41) is 22.1. The number of rotatable bonds is 1. The number of ether oxygens (including phenoxy) is 1. The van der Waals surface area contributed by atoms with Crippen LogP contribution in [-0.4, -0.2) is 53.7 Å². The lowest BCUT2D eigenvalue weighted by atomic mass is 9.89. The van der Waals surface area contributed by atoms with Gasteiger partial charge < -0.3 is 24.7 Å². The van der Waals surface area contributed by atoms with E-state index < -0.39 is 23.9 Å². The van der Waals surface area contributed by atoms with Crippen LogP contribution < -0.4 is 9.64 Å². The highest BCUT2D eigenvalue weighted by Crippen LogP contribution is 2.37. The van der Waals surface area contributed by atoms with Crippen LogP contribution in [0.2, 0.25) is 5.02 Å². The molecular weight excluding hydrogens is 492 g/mol. The van der Waals surface area contributed by atoms with Crippen molar-refractivity contribution in [1.82, 2.24) is 4.90 Å². The van der Waals surface area contributed by atoms with Crippen molar-refractivity contribution in [2.75, 3.05) is 31.6 Å². The second-order valence-electron chi connectivity index (χ2n) is 9.89. The number of carbonyl (C=O) groups excluding carboxylic acids is 1. The van der Waals surface area contributed by atoms with Gasteiger partial charge in [0.2, 0.25) is 5.91 Å². The fourth-order valence-electron chi connectivity index (χ4n) is 4.92. The summed E-state index contributed by atoms with van der Waals surface area (Å²) in [5.41, 5.74) is 0.782. The minimum Gasteiger partial charge on any atom is -0.487 e. The maximum Gasteiger partial charge on any atom is 0.340 e. The van der Waals surface area contributed by atoms with Gasteiger partial charge in [-0.2, -0.15) is 0 Å². The highest BCUT2D eigenvalue weighted by molar-refractivity contribution is 6.30. The number of hydrogen-bond donors (Lipinski definition) is 2. The Labute approximate surface area is 223 Å². The monoisotopic (exact) mass is 526 g/mol. The molecule has 0 aromatic heterocycles. The summed E-state index contributed by atoms with van der Waals surface area (Å²) in [6.07, 6.45) is 8.91. The van der Waals surface area contributed by atoms with Crippen molar-refractivity contribution in [2.45, 2.75) is 57.2 Å². The van der Waals surface area contributed by atoms with Gasteiger partial charge >= 0.3 is 5.97 Å². The van der Waals surface area contributed by atoms with Crippen LogP contribution in [0, 0.1) is 0 Å². The van der Waals surface area contributed by atoms with Crippen molar-refractivity contribution in [1.29, 1.82) is 0 Å². The summed E-state index contributed by atoms with van der Waals surface area (Å²) < 4.78 is 6.30. The summed E-state index contributed by atoms with van der Waals surface area (Å²) in [6.45, 7) is 2.32. The Hall–Kier alpha value is -3.03. The van der Waals surface area contributed by atoms with Gasteiger partial charge in [-0.05, 0) is 79.5 Å². The lowest BCUT2D eigenvalue weighted by Crippen LogP contribution is -2.42. The molecule has 0 fully saturated rings. The Kier molecular flexibility index (Phi) is 8.77. The van der Waals surface area contributed by atoms with E-state index in [1.54, 1.807) is 25.2 Å². The zero-order valence-corrected chi connectivity index (χ0v) is 22.0. The number of hydrogen-bond acceptors (Lipinski definition) is 5. The number of aliphatic hydroxyl groups is 1. The third-order valence-electron chi connectivity index (χ3n) is 7.24. The number of aryl methyl sites for hydroxylation is 1. The number of allylic oxidation sites excluding steroid dienone is 1. The maximum absolute atomic E-state index is 12.9. The number of carbonyl (C=O) groups is 2. The molecule has 2 heterocycles. The van der Waals surface area contributed by atoms with E-state index in [0.29, 0.717) is 30.3 Å². The van der Waals surface area contributed by atoms with E-state index in [1.165, 1.54) is 10.5 Å². The van der Waals surface area contributed by atoms with Gasteiger partial charge in [0.05, 0.1) is 12.1 Å². The Morgan fingerprint density at radius 3 is 2.59 bits per heavy atom. The second-order valence-corrected chi connectivity index (χ2v) is 10.3. The van der Waals surface area contributed by atoms with E-state index in [0.717, 1.165) is 56.4 Å². The molecule has 198 valence electrons. The highest BCUT2D eigenvalue weighted by atomic mass is 35.5. The normalized spacial score (nSPS) is 22.5. The number of carboxylic acid groups (broad SMARTS) is 1. The van der Waals surface area contributed by atoms with Gasteiger partial charge in [0, 0.05) is 31.7 Å². The molecule has 7 nitrogen and oxygen atoms in total. The number of nitrogens with zero attached hydrogens (tertiary/aromatic N) is 2. The largest absolute Gasteiger partial charge is 0.487 e. The summed E-state index contributed by atoms with van der Waals surface area (Å²) in [4.78, 5) is 28.9. The van der Waals surface area contributed by atoms with Gasteiger partial charge in [-0.15, -0.1) is 0 Å². The van der Waals surface area contributed by atoms with Gasteiger partial charge in [-0.3, -0.25) is 4.79 Å². The molecule has 0 saturated heterocycles. The summed E-state index contributed by atoms with van der Waals surface area (Å²) in [7, 11) is 1.63. The fourth-order valence-corrected chi connectivity index (χ4v) is 5.12. The molecule has 2 aromatic rings. The van der Waals surface area contributed by atoms with Crippen LogP contribution in [0.4, 0.5) is 5.69 Å². The lowest BCUT2D eigenvalue weighted by Gasteiger charge is -2.30. The molecule has 0 aliphatic carbocycles. The quantitative estimate of drug-likeness (QED) is 0.512. The van der Waals surface area contributed by atoms with Crippen LogP contribution in [0.15, 0.2) is 48.6 Å². The molecule has 0 saturated carbocycles. The second kappa shape index (κ2) is 12.0. The molecule has 2 aromatic carbocycles. The first-order chi connectivity index (χ1) is 17.8. The molecule has 2 aliphatic heterocycles. The van der Waals surface area contributed by atoms with Gasteiger partial charge in [0.1, 0.15) is 12.4 Å². The van der Waals surface area contributed by atoms with Crippen LogP contribution in [-0.2, 0) is 28.2 Å². The molecule has 4 rings (SSSR count). The minimum absolute atomic E-state index is 0.171. The van der Waals surface area contributed by atoms with Crippen molar-refractivity contribution >= 4 is 29.2 Å². The summed E-state index contributed by atoms with van der Waals surface area (Å²) in [5.74, 6) is -1.26. The number of halogens is 1. The third-order valence-corrected chi connectivity index (χ3v) is 7.47. The van der Waals surface area contributed by atoms with Crippen LogP contribution in [0.3, 0.4) is 0 Å². The maximum atomic E-state index is 12.9. The van der Waals surface area contributed by atoms with Crippen molar-refractivity contribution in [3.05, 3.63) is 70.3 Å². The molecule has 1 amide bonds. The molecule has 2 aliphatic rings. The van der Waals surface area contributed by atoms with Crippen molar-refractivity contribution < 1.29 is 24.5 Å². The number of amides is 1. The predicted molar refractivity (Wildman–Crippen MR) is 144 cm³/mol. The first kappa shape index (κ1) is 27.0. The number of carboxylic acids is 1. The number of fused-ring (bicyclic) bond motifs is 2. The molecular formula is C29H35ClN2O5. The molecule has 1 atom stereocenters. The molecule has 2 bridgehead atoms. The molecule has 0 unspecified atom stereocenters. The van der Waals surface area contributed by atoms with E-state index in [1.807, 2.05) is 18.2 Å². The van der Waals surface area contributed by atoms with Gasteiger partial charge in [0.15, 0.2) is 5.60 Å². The molecule has 8 heteroatoms. The Bertz CT molecular complexity index is 1170. The van der Waals surface area contributed by atoms with Gasteiger partial charge in [-0.25, -0.2) is 4.79 Å². The van der Waals surface area contributed by atoms with E-state index in [4.69, 9.17) is 16.3 Å². The Balaban J connectivity index is 1.77. The number of anilines is 1. The minimum atomic E-state index is -2.35. The third kappa shape index (κ3) is 6.46. The molecule has 37 heavy (non-hydrogen) atoms. The number of benzene rings is 2. The zero-order valence-electron chi connectivity index (χ0n) is 21.3. The Morgan fingerprint density at radius 1 is 1.00 bits per heavy atom. The number of aliphatic carboxylic acids is 1. The van der Waals surface area contributed by atoms with E-state index in [2.05, 4.69) is 17.1 Å². The SMILES string of the molecule is CN1CC/C=C\CCCN2CCCCc3cc(Cl)ccc3COc3ccc(cc32)[C@@](O)(C(=O)O)CC1=O. The first-order valence-corrected chi connectivity index (χ1v) is 13.3. The van der Waals surface area contributed by atoms with Crippen molar-refractivity contribution in [3.8, 4) is 5.75 Å². The zero-order chi connectivity index (χ0) is 26.4. The summed E-state index contributed by atoms with van der Waals surface area (Å²) >= 11 is 6.26. The average molecular weight is 527 g/mol. The smallest absolute Gasteiger partial charge is 0.340 e. The Morgan fingerprint density at radius 2 is 1.78 bits per heavy atom. The van der Waals surface area contributed by atoms with Crippen LogP contribution >= 0.6 is 11.6 Å². The fraction of sp³-hybridized carbons (Fsp3) is 0.448. The standard InChI is InChI=1S/C29H35ClN2O5/c1-31-14-6-3-2-4-7-15-32-16-8-5-9-21-17-24(30)12-10-22(21)20-37-26-13-11-23(18-25(26)32)29(36,28(34)35)19-27(31)33/h2-3,10-13,17-18,36H,4-9,14-16,19-20H2,1H3,(H,34,35)/b3-2-/t29-/m1/s1. The summed E-state index contributed by atoms with van der Waals surface area (Å²) in [6, 6.07) is 10.8. The average Bonchev–Trinajstić information content (AvgIpc) is 2.90. The predicted octanol–water partition coefficient (Wildman–Crippen LogP) is 4.92. The van der Waals surface area contributed by atoms with Crippen molar-refractivity contribution in [3.63, 3.8) is 0 Å². The van der Waals surface area contributed by atoms with Crippen LogP contribution in [0.5, 0.6) is 5.75 Å². The van der Waals surface area contributed by atoms with Crippen molar-refractivity contribution in [2.24, 2.45) is 0 Å². The van der Waals surface area contributed by atoms with Gasteiger partial charge in [0.25, 0.3) is 0 Å².